The zero-order chi connectivity index (χ0) is 16.2. The number of carbonyl (C=O) groups is 1. The van der Waals surface area contributed by atoms with E-state index in [0.29, 0.717) is 18.1 Å². The highest BCUT2D eigenvalue weighted by Gasteiger charge is 2.24. The summed E-state index contributed by atoms with van der Waals surface area (Å²) in [6.45, 7) is 1.89. The third kappa shape index (κ3) is 4.12. The van der Waals surface area contributed by atoms with Crippen LogP contribution in [-0.4, -0.2) is 53.3 Å². The second kappa shape index (κ2) is 7.45. The Morgan fingerprint density at radius 2 is 2.17 bits per heavy atom. The fourth-order valence-corrected chi connectivity index (χ4v) is 4.46. The minimum Gasteiger partial charge on any atom is -0.497 e. The third-order valence-corrected chi connectivity index (χ3v) is 5.92. The average Bonchev–Trinajstić information content (AvgIpc) is 2.57. The van der Waals surface area contributed by atoms with Crippen LogP contribution in [0.4, 0.5) is 0 Å². The number of nitrogens with zero attached hydrogens (tertiary/aromatic N) is 1. The Morgan fingerprint density at radius 3 is 2.91 bits per heavy atom. The Morgan fingerprint density at radius 1 is 1.39 bits per heavy atom. The lowest BCUT2D eigenvalue weighted by Crippen LogP contribution is -2.45. The van der Waals surface area contributed by atoms with Gasteiger partial charge in [-0.05, 0) is 42.5 Å². The van der Waals surface area contributed by atoms with Gasteiger partial charge in [0.15, 0.2) is 0 Å². The minimum atomic E-state index is -0.703. The number of fused-ring (bicyclic) bond motifs is 1. The molecule has 0 unspecified atom stereocenters. The molecule has 2 aliphatic rings. The summed E-state index contributed by atoms with van der Waals surface area (Å²) in [7, 11) is 0.962. The van der Waals surface area contributed by atoms with Crippen LogP contribution in [0.1, 0.15) is 30.0 Å². The van der Waals surface area contributed by atoms with Gasteiger partial charge in [-0.25, -0.2) is 0 Å². The molecule has 1 saturated heterocycles. The maximum Gasteiger partial charge on any atom is 0.234 e. The molecule has 1 fully saturated rings. The van der Waals surface area contributed by atoms with Crippen molar-refractivity contribution < 1.29 is 13.7 Å². The lowest BCUT2D eigenvalue weighted by molar-refractivity contribution is -0.123. The first-order valence-electron chi connectivity index (χ1n) is 8.19. The number of benzene rings is 1. The van der Waals surface area contributed by atoms with Gasteiger partial charge in [-0.1, -0.05) is 6.07 Å². The van der Waals surface area contributed by atoms with Crippen LogP contribution in [0.25, 0.3) is 0 Å². The van der Waals surface area contributed by atoms with Crippen LogP contribution in [0.2, 0.25) is 0 Å². The molecule has 1 aromatic carbocycles. The summed E-state index contributed by atoms with van der Waals surface area (Å²) >= 11 is 0. The largest absolute Gasteiger partial charge is 0.497 e. The number of nitrogens with one attached hydrogen (secondary N) is 1. The molecule has 23 heavy (non-hydrogen) atoms. The molecule has 0 bridgehead atoms. The topological polar surface area (TPSA) is 58.6 Å². The monoisotopic (exact) mass is 336 g/mol. The van der Waals surface area contributed by atoms with Gasteiger partial charge in [-0.15, -0.1) is 0 Å². The molecule has 1 heterocycles. The van der Waals surface area contributed by atoms with E-state index < -0.39 is 10.8 Å². The molecule has 1 aliphatic heterocycles. The molecule has 0 aromatic heterocycles. The van der Waals surface area contributed by atoms with Crippen LogP contribution in [0, 0.1) is 0 Å². The van der Waals surface area contributed by atoms with Crippen molar-refractivity contribution in [2.45, 2.75) is 25.3 Å². The first kappa shape index (κ1) is 16.5. The standard InChI is InChI=1S/C17H24N2O3S/c1-22-14-6-5-13-3-2-4-16(15(13)11-14)18-17(20)12-19-7-9-23(21)10-8-19/h5-6,11,16H,2-4,7-10,12H2,1H3,(H,18,20)/t16-/m1/s1. The second-order valence-electron chi connectivity index (χ2n) is 6.20. The first-order chi connectivity index (χ1) is 11.2. The summed E-state index contributed by atoms with van der Waals surface area (Å²) in [6, 6.07) is 6.20. The van der Waals surface area contributed by atoms with Crippen molar-refractivity contribution in [1.29, 1.82) is 0 Å². The van der Waals surface area contributed by atoms with E-state index in [1.54, 1.807) is 7.11 Å². The number of hydrogen-bond donors (Lipinski definition) is 1. The Bertz CT molecular complexity index is 596. The Hall–Kier alpha value is -1.40. The molecule has 0 saturated carbocycles. The van der Waals surface area contributed by atoms with Gasteiger partial charge in [0.2, 0.25) is 5.91 Å². The lowest BCUT2D eigenvalue weighted by Gasteiger charge is -2.29. The smallest absolute Gasteiger partial charge is 0.234 e. The molecule has 126 valence electrons. The van der Waals surface area contributed by atoms with E-state index in [2.05, 4.69) is 16.3 Å². The van der Waals surface area contributed by atoms with E-state index in [4.69, 9.17) is 4.74 Å². The number of carbonyl (C=O) groups excluding carboxylic acids is 1. The van der Waals surface area contributed by atoms with Gasteiger partial charge in [0.1, 0.15) is 5.75 Å². The van der Waals surface area contributed by atoms with Crippen LogP contribution in [0.5, 0.6) is 5.75 Å². The molecular weight excluding hydrogens is 312 g/mol. The van der Waals surface area contributed by atoms with E-state index in [9.17, 15) is 9.00 Å². The minimum absolute atomic E-state index is 0.0540. The van der Waals surface area contributed by atoms with Gasteiger partial charge >= 0.3 is 0 Å². The summed E-state index contributed by atoms with van der Waals surface area (Å²) < 4.78 is 16.7. The number of ether oxygens (including phenoxy) is 1. The average molecular weight is 336 g/mol. The molecule has 1 aromatic rings. The van der Waals surface area contributed by atoms with Gasteiger partial charge in [-0.2, -0.15) is 0 Å². The van der Waals surface area contributed by atoms with Gasteiger partial charge in [0.05, 0.1) is 19.7 Å². The van der Waals surface area contributed by atoms with Crippen molar-refractivity contribution in [3.63, 3.8) is 0 Å². The normalized spacial score (nSPS) is 22.4. The van der Waals surface area contributed by atoms with E-state index in [1.165, 1.54) is 11.1 Å². The first-order valence-corrected chi connectivity index (χ1v) is 9.68. The van der Waals surface area contributed by atoms with E-state index in [0.717, 1.165) is 38.1 Å². The van der Waals surface area contributed by atoms with Gasteiger partial charge in [0.25, 0.3) is 0 Å². The van der Waals surface area contributed by atoms with Crippen LogP contribution in [0.3, 0.4) is 0 Å². The predicted molar refractivity (Wildman–Crippen MR) is 91.1 cm³/mol. The zero-order valence-corrected chi connectivity index (χ0v) is 14.4. The summed E-state index contributed by atoms with van der Waals surface area (Å²) in [5.74, 6) is 2.25. The summed E-state index contributed by atoms with van der Waals surface area (Å²) in [5, 5.41) is 3.17. The molecular formula is C17H24N2O3S. The van der Waals surface area contributed by atoms with Crippen LogP contribution < -0.4 is 10.1 Å². The maximum atomic E-state index is 12.4. The molecule has 0 spiro atoms. The predicted octanol–water partition coefficient (Wildman–Crippen LogP) is 1.25. The summed E-state index contributed by atoms with van der Waals surface area (Å²) in [4.78, 5) is 14.5. The van der Waals surface area contributed by atoms with E-state index >= 15 is 0 Å². The highest BCUT2D eigenvalue weighted by atomic mass is 32.2. The third-order valence-electron chi connectivity index (χ3n) is 4.64. The Kier molecular flexibility index (Phi) is 5.33. The molecule has 1 amide bonds. The highest BCUT2D eigenvalue weighted by Crippen LogP contribution is 2.32. The Labute approximate surface area is 139 Å². The molecule has 1 aliphatic carbocycles. The molecule has 0 radical (unpaired) electrons. The van der Waals surface area contributed by atoms with Crippen molar-refractivity contribution in [3.8, 4) is 5.75 Å². The lowest BCUT2D eigenvalue weighted by atomic mass is 9.87. The SMILES string of the molecule is COc1ccc2c(c1)[C@H](NC(=O)CN1CCS(=O)CC1)CCC2. The van der Waals surface area contributed by atoms with Crippen molar-refractivity contribution in [1.82, 2.24) is 10.2 Å². The van der Waals surface area contributed by atoms with Gasteiger partial charge in [-0.3, -0.25) is 13.9 Å². The quantitative estimate of drug-likeness (QED) is 0.899. The van der Waals surface area contributed by atoms with Crippen molar-refractivity contribution in [3.05, 3.63) is 29.3 Å². The second-order valence-corrected chi connectivity index (χ2v) is 7.90. The molecule has 1 atom stereocenters. The Balaban J connectivity index is 1.62. The number of hydrogen-bond acceptors (Lipinski definition) is 4. The molecule has 5 nitrogen and oxygen atoms in total. The van der Waals surface area contributed by atoms with Crippen molar-refractivity contribution >= 4 is 16.7 Å². The molecule has 6 heteroatoms. The van der Waals surface area contributed by atoms with Gasteiger partial charge in [0, 0.05) is 35.4 Å². The van der Waals surface area contributed by atoms with Crippen LogP contribution in [0.15, 0.2) is 18.2 Å². The molecule has 1 N–H and O–H groups in total. The van der Waals surface area contributed by atoms with Crippen molar-refractivity contribution in [2.24, 2.45) is 0 Å². The number of rotatable bonds is 4. The van der Waals surface area contributed by atoms with Crippen LogP contribution >= 0.6 is 0 Å². The fraction of sp³-hybridized carbons (Fsp3) is 0.588. The fourth-order valence-electron chi connectivity index (χ4n) is 3.33. The maximum absolute atomic E-state index is 12.4. The van der Waals surface area contributed by atoms with Crippen molar-refractivity contribution in [2.75, 3.05) is 38.2 Å². The highest BCUT2D eigenvalue weighted by molar-refractivity contribution is 7.85. The van der Waals surface area contributed by atoms with E-state index in [1.807, 2.05) is 12.1 Å². The molecule has 3 rings (SSSR count). The summed E-state index contributed by atoms with van der Waals surface area (Å²) in [5.41, 5.74) is 2.49. The number of amides is 1. The van der Waals surface area contributed by atoms with E-state index in [-0.39, 0.29) is 11.9 Å². The number of aryl methyl sites for hydroxylation is 1. The zero-order valence-electron chi connectivity index (χ0n) is 13.5. The number of methoxy groups -OCH3 is 1. The van der Waals surface area contributed by atoms with Gasteiger partial charge < -0.3 is 10.1 Å². The van der Waals surface area contributed by atoms with Crippen LogP contribution in [-0.2, 0) is 22.0 Å². The summed E-state index contributed by atoms with van der Waals surface area (Å²) in [6.07, 6.45) is 3.12.